The van der Waals surface area contributed by atoms with Crippen molar-refractivity contribution in [1.29, 1.82) is 0 Å². The van der Waals surface area contributed by atoms with Crippen LogP contribution in [0.5, 0.6) is 0 Å². The predicted molar refractivity (Wildman–Crippen MR) is 62.7 cm³/mol. The monoisotopic (exact) mass is 262 g/mol. The van der Waals surface area contributed by atoms with Crippen LogP contribution < -0.4 is 0 Å². The first-order valence-corrected chi connectivity index (χ1v) is 4.84. The zero-order valence-electron chi connectivity index (χ0n) is 9.10. The van der Waals surface area contributed by atoms with Crippen LogP contribution in [-0.2, 0) is 0 Å². The lowest BCUT2D eigenvalue weighted by atomic mass is 10.1. The molecular formula is C10H4N3O6. The third-order valence-electron chi connectivity index (χ3n) is 2.47. The van der Waals surface area contributed by atoms with Crippen LogP contribution >= 0.6 is 0 Å². The third kappa shape index (κ3) is 1.92. The van der Waals surface area contributed by atoms with E-state index in [1.807, 2.05) is 0 Å². The van der Waals surface area contributed by atoms with Crippen molar-refractivity contribution in [2.75, 3.05) is 0 Å². The Morgan fingerprint density at radius 1 is 0.842 bits per heavy atom. The van der Waals surface area contributed by atoms with E-state index in [-0.39, 0.29) is 5.39 Å². The Morgan fingerprint density at radius 2 is 1.47 bits per heavy atom. The number of hydrogen-bond acceptors (Lipinski definition) is 6. The lowest BCUT2D eigenvalue weighted by molar-refractivity contribution is -0.422. The highest BCUT2D eigenvalue weighted by Gasteiger charge is 2.32. The summed E-state index contributed by atoms with van der Waals surface area (Å²) in [5.41, 5.74) is -2.25. The molecule has 1 radical (unpaired) electrons. The first-order chi connectivity index (χ1) is 8.93. The molecule has 0 bridgehead atoms. The number of nitrogens with zero attached hydrogens (tertiary/aromatic N) is 3. The highest BCUT2D eigenvalue weighted by atomic mass is 16.6. The Bertz CT molecular complexity index is 727. The summed E-state index contributed by atoms with van der Waals surface area (Å²) in [6.07, 6.45) is 0. The number of non-ortho nitro benzene ring substituents is 1. The van der Waals surface area contributed by atoms with Gasteiger partial charge in [-0.05, 0) is 18.2 Å². The van der Waals surface area contributed by atoms with Gasteiger partial charge in [0, 0.05) is 17.5 Å². The van der Waals surface area contributed by atoms with Crippen LogP contribution in [0.25, 0.3) is 10.8 Å². The molecule has 0 saturated carbocycles. The van der Waals surface area contributed by atoms with Crippen molar-refractivity contribution in [3.63, 3.8) is 0 Å². The first kappa shape index (κ1) is 12.4. The van der Waals surface area contributed by atoms with Gasteiger partial charge in [-0.3, -0.25) is 30.3 Å². The number of nitro benzene ring substituents is 3. The Balaban J connectivity index is 3.02. The van der Waals surface area contributed by atoms with E-state index in [4.69, 9.17) is 0 Å². The van der Waals surface area contributed by atoms with Crippen LogP contribution in [0.3, 0.4) is 0 Å². The van der Waals surface area contributed by atoms with E-state index in [0.29, 0.717) is 0 Å². The summed E-state index contributed by atoms with van der Waals surface area (Å²) >= 11 is 0. The number of nitro groups is 3. The maximum Gasteiger partial charge on any atom is 0.360 e. The Kier molecular flexibility index (Phi) is 2.79. The van der Waals surface area contributed by atoms with Gasteiger partial charge in [0.1, 0.15) is 5.39 Å². The Labute approximate surface area is 104 Å². The molecule has 9 heteroatoms. The quantitative estimate of drug-likeness (QED) is 0.616. The molecule has 0 heterocycles. The zero-order chi connectivity index (χ0) is 14.2. The van der Waals surface area contributed by atoms with Crippen LogP contribution in [0.4, 0.5) is 17.1 Å². The van der Waals surface area contributed by atoms with Gasteiger partial charge in [-0.15, -0.1) is 0 Å². The van der Waals surface area contributed by atoms with Gasteiger partial charge in [-0.2, -0.15) is 0 Å². The van der Waals surface area contributed by atoms with Crippen LogP contribution in [0, 0.1) is 36.4 Å². The van der Waals surface area contributed by atoms with Gasteiger partial charge in [0.15, 0.2) is 0 Å². The number of hydrogen-bond donors (Lipinski definition) is 0. The highest BCUT2D eigenvalue weighted by molar-refractivity contribution is 6.01. The van der Waals surface area contributed by atoms with Crippen molar-refractivity contribution in [2.24, 2.45) is 0 Å². The summed E-state index contributed by atoms with van der Waals surface area (Å²) in [5, 5.41) is 32.3. The second-order valence-electron chi connectivity index (χ2n) is 3.49. The van der Waals surface area contributed by atoms with Crippen LogP contribution in [-0.4, -0.2) is 14.8 Å². The summed E-state index contributed by atoms with van der Waals surface area (Å²) in [4.78, 5) is 29.8. The normalized spacial score (nSPS) is 10.3. The molecule has 95 valence electrons. The van der Waals surface area contributed by atoms with Crippen molar-refractivity contribution in [1.82, 2.24) is 0 Å². The minimum absolute atomic E-state index is 0.0755. The molecular weight excluding hydrogens is 258 g/mol. The van der Waals surface area contributed by atoms with Gasteiger partial charge in [0.2, 0.25) is 0 Å². The van der Waals surface area contributed by atoms with Crippen LogP contribution in [0.1, 0.15) is 0 Å². The molecule has 0 aliphatic heterocycles. The molecule has 0 aliphatic rings. The summed E-state index contributed by atoms with van der Waals surface area (Å²) in [5.74, 6) is 0. The van der Waals surface area contributed by atoms with Gasteiger partial charge in [0.05, 0.1) is 14.8 Å². The first-order valence-electron chi connectivity index (χ1n) is 4.84. The Morgan fingerprint density at radius 3 is 2.00 bits per heavy atom. The molecule has 2 rings (SSSR count). The van der Waals surface area contributed by atoms with E-state index in [9.17, 15) is 30.3 Å². The summed E-state index contributed by atoms with van der Waals surface area (Å²) < 4.78 is 0. The molecule has 0 aromatic heterocycles. The fraction of sp³-hybridized carbons (Fsp3) is 0. The highest BCUT2D eigenvalue weighted by Crippen LogP contribution is 2.39. The van der Waals surface area contributed by atoms with Crippen molar-refractivity contribution < 1.29 is 14.8 Å². The van der Waals surface area contributed by atoms with Crippen molar-refractivity contribution in [3.05, 3.63) is 60.7 Å². The largest absolute Gasteiger partial charge is 0.360 e. The lowest BCUT2D eigenvalue weighted by Crippen LogP contribution is -1.99. The van der Waals surface area contributed by atoms with Crippen molar-refractivity contribution in [2.45, 2.75) is 0 Å². The van der Waals surface area contributed by atoms with E-state index in [1.54, 1.807) is 0 Å². The van der Waals surface area contributed by atoms with E-state index < -0.39 is 37.2 Å². The van der Waals surface area contributed by atoms with E-state index in [0.717, 1.165) is 12.1 Å². The molecule has 2 aromatic carbocycles. The molecule has 0 fully saturated rings. The zero-order valence-corrected chi connectivity index (χ0v) is 9.10. The molecule has 0 spiro atoms. The predicted octanol–water partition coefficient (Wildman–Crippen LogP) is 2.36. The molecule has 19 heavy (non-hydrogen) atoms. The van der Waals surface area contributed by atoms with E-state index in [1.165, 1.54) is 12.1 Å². The van der Waals surface area contributed by atoms with Crippen LogP contribution in [0.2, 0.25) is 0 Å². The van der Waals surface area contributed by atoms with Gasteiger partial charge in [-0.1, -0.05) is 0 Å². The Hall–Kier alpha value is -3.10. The second-order valence-corrected chi connectivity index (χ2v) is 3.49. The molecule has 2 aromatic rings. The fourth-order valence-electron chi connectivity index (χ4n) is 1.74. The SMILES string of the molecule is O=[N+]([O-])c1ccc2[c]ccc([N+](=O)[O-])c2c1[N+](=O)[O-]. The second kappa shape index (κ2) is 4.29. The fourth-order valence-corrected chi connectivity index (χ4v) is 1.74. The molecule has 0 saturated heterocycles. The maximum absolute atomic E-state index is 11.0. The minimum atomic E-state index is -0.999. The van der Waals surface area contributed by atoms with Crippen molar-refractivity contribution in [3.8, 4) is 0 Å². The molecule has 0 aliphatic carbocycles. The van der Waals surface area contributed by atoms with Gasteiger partial charge >= 0.3 is 11.4 Å². The summed E-state index contributed by atoms with van der Waals surface area (Å²) in [6, 6.07) is 6.94. The number of fused-ring (bicyclic) bond motifs is 1. The topological polar surface area (TPSA) is 129 Å². The summed E-state index contributed by atoms with van der Waals surface area (Å²) in [6.45, 7) is 0. The average Bonchev–Trinajstić information content (AvgIpc) is 2.35. The van der Waals surface area contributed by atoms with Crippen molar-refractivity contribution >= 4 is 27.8 Å². The van der Waals surface area contributed by atoms with Gasteiger partial charge < -0.3 is 0 Å². The molecule has 0 N–H and O–H groups in total. The lowest BCUT2D eigenvalue weighted by Gasteiger charge is -2.01. The average molecular weight is 262 g/mol. The van der Waals surface area contributed by atoms with Gasteiger partial charge in [0.25, 0.3) is 5.69 Å². The molecule has 0 atom stereocenters. The molecule has 0 unspecified atom stereocenters. The molecule has 9 nitrogen and oxygen atoms in total. The minimum Gasteiger partial charge on any atom is -0.258 e. The van der Waals surface area contributed by atoms with Crippen LogP contribution in [0.15, 0.2) is 24.3 Å². The van der Waals surface area contributed by atoms with E-state index in [2.05, 4.69) is 6.07 Å². The summed E-state index contributed by atoms with van der Waals surface area (Å²) in [7, 11) is 0. The third-order valence-corrected chi connectivity index (χ3v) is 2.47. The maximum atomic E-state index is 11.0. The smallest absolute Gasteiger partial charge is 0.258 e. The number of benzene rings is 2. The van der Waals surface area contributed by atoms with Gasteiger partial charge in [-0.25, -0.2) is 0 Å². The standard InChI is InChI=1S/C10H4N3O6/c14-11(15)7-3-1-2-6-4-5-8(12(16)17)10(9(6)7)13(18)19/h1,3-5H. The number of rotatable bonds is 3. The molecule has 0 amide bonds. The van der Waals surface area contributed by atoms with E-state index >= 15 is 0 Å².